The van der Waals surface area contributed by atoms with Crippen molar-refractivity contribution < 1.29 is 22.7 Å². The van der Waals surface area contributed by atoms with Gasteiger partial charge in [0.2, 0.25) is 0 Å². The molecule has 0 atom stereocenters. The fourth-order valence-electron chi connectivity index (χ4n) is 1.76. The van der Waals surface area contributed by atoms with Crippen LogP contribution >= 0.6 is 0 Å². The summed E-state index contributed by atoms with van der Waals surface area (Å²) in [6, 6.07) is 3.76. The van der Waals surface area contributed by atoms with Crippen molar-refractivity contribution in [2.75, 3.05) is 31.6 Å². The number of alkyl halides is 3. The molecule has 108 valence electrons. The van der Waals surface area contributed by atoms with Crippen LogP contribution in [0.25, 0.3) is 0 Å². The Morgan fingerprint density at radius 3 is 2.47 bits per heavy atom. The molecule has 0 fully saturated rings. The Hall–Kier alpha value is -1.34. The minimum Gasteiger partial charge on any atom is -0.395 e. The normalized spacial score (nSPS) is 11.7. The zero-order valence-corrected chi connectivity index (χ0v) is 10.5. The van der Waals surface area contributed by atoms with Crippen LogP contribution in [0.2, 0.25) is 0 Å². The molecule has 1 rings (SSSR count). The van der Waals surface area contributed by atoms with Crippen molar-refractivity contribution >= 4 is 5.69 Å². The van der Waals surface area contributed by atoms with Crippen LogP contribution in [0, 0.1) is 5.82 Å². The fourth-order valence-corrected chi connectivity index (χ4v) is 1.76. The van der Waals surface area contributed by atoms with E-state index in [1.165, 1.54) is 12.1 Å². The topological polar surface area (TPSA) is 35.5 Å². The Kier molecular flexibility index (Phi) is 5.56. The molecule has 0 radical (unpaired) electrons. The van der Waals surface area contributed by atoms with Crippen molar-refractivity contribution in [1.82, 2.24) is 5.32 Å². The first kappa shape index (κ1) is 15.7. The smallest absolute Gasteiger partial charge is 0.395 e. The predicted molar refractivity (Wildman–Crippen MR) is 64.5 cm³/mol. The highest BCUT2D eigenvalue weighted by molar-refractivity contribution is 5.49. The average Bonchev–Trinajstić information content (AvgIpc) is 2.26. The number of halogens is 4. The molecule has 3 nitrogen and oxygen atoms in total. The van der Waals surface area contributed by atoms with Gasteiger partial charge in [0, 0.05) is 18.8 Å². The molecule has 0 spiro atoms. The van der Waals surface area contributed by atoms with E-state index in [-0.39, 0.29) is 12.2 Å². The summed E-state index contributed by atoms with van der Waals surface area (Å²) >= 11 is 0. The van der Waals surface area contributed by atoms with Crippen molar-refractivity contribution in [1.29, 1.82) is 0 Å². The van der Waals surface area contributed by atoms with E-state index < -0.39 is 25.1 Å². The Bertz CT molecular complexity index is 409. The summed E-state index contributed by atoms with van der Waals surface area (Å²) < 4.78 is 50.7. The summed E-state index contributed by atoms with van der Waals surface area (Å²) in [6.07, 6.45) is -4.41. The molecule has 2 N–H and O–H groups in total. The lowest BCUT2D eigenvalue weighted by molar-refractivity contribution is -0.119. The molecule has 0 aromatic heterocycles. The van der Waals surface area contributed by atoms with Gasteiger partial charge in [0.25, 0.3) is 0 Å². The number of nitrogens with zero attached hydrogens (tertiary/aromatic N) is 1. The minimum absolute atomic E-state index is 0.108. The van der Waals surface area contributed by atoms with Crippen LogP contribution < -0.4 is 10.2 Å². The molecule has 0 heterocycles. The number of benzene rings is 1. The van der Waals surface area contributed by atoms with Crippen LogP contribution in [0.1, 0.15) is 5.56 Å². The molecule has 0 saturated heterocycles. The molecule has 1 aromatic rings. The van der Waals surface area contributed by atoms with Crippen molar-refractivity contribution in [3.63, 3.8) is 0 Å². The van der Waals surface area contributed by atoms with Gasteiger partial charge >= 0.3 is 6.18 Å². The van der Waals surface area contributed by atoms with E-state index in [9.17, 15) is 17.6 Å². The highest BCUT2D eigenvalue weighted by Gasteiger charge is 2.31. The number of rotatable bonds is 6. The first-order valence-electron chi connectivity index (χ1n) is 5.72. The van der Waals surface area contributed by atoms with E-state index in [1.807, 2.05) is 0 Å². The molecular formula is C12H16F4N2O. The van der Waals surface area contributed by atoms with E-state index in [1.54, 1.807) is 7.05 Å². The second kappa shape index (κ2) is 6.72. The van der Waals surface area contributed by atoms with Gasteiger partial charge in [-0.3, -0.25) is 0 Å². The monoisotopic (exact) mass is 280 g/mol. The molecule has 19 heavy (non-hydrogen) atoms. The Morgan fingerprint density at radius 1 is 1.26 bits per heavy atom. The number of aliphatic hydroxyl groups excluding tert-OH is 1. The van der Waals surface area contributed by atoms with Gasteiger partial charge in [-0.15, -0.1) is 0 Å². The quantitative estimate of drug-likeness (QED) is 0.781. The molecule has 0 bridgehead atoms. The van der Waals surface area contributed by atoms with E-state index in [2.05, 4.69) is 5.32 Å². The minimum atomic E-state index is -4.41. The molecule has 1 aromatic carbocycles. The van der Waals surface area contributed by atoms with Crippen molar-refractivity contribution in [3.05, 3.63) is 29.6 Å². The number of aliphatic hydroxyl groups is 1. The lowest BCUT2D eigenvalue weighted by Crippen LogP contribution is -2.36. The van der Waals surface area contributed by atoms with E-state index >= 15 is 0 Å². The largest absolute Gasteiger partial charge is 0.405 e. The maximum atomic E-state index is 13.4. The van der Waals surface area contributed by atoms with Crippen LogP contribution in [0.4, 0.5) is 23.2 Å². The fraction of sp³-hybridized carbons (Fsp3) is 0.500. The van der Waals surface area contributed by atoms with Gasteiger partial charge in [0.05, 0.1) is 6.61 Å². The highest BCUT2D eigenvalue weighted by Crippen LogP contribution is 2.24. The maximum absolute atomic E-state index is 13.4. The summed E-state index contributed by atoms with van der Waals surface area (Å²) in [7, 11) is 1.66. The number of nitrogens with one attached hydrogen (secondary N) is 1. The average molecular weight is 280 g/mol. The predicted octanol–water partition coefficient (Wildman–Crippen LogP) is 1.91. The Balaban J connectivity index is 3.00. The number of hydrogen-bond donors (Lipinski definition) is 2. The Morgan fingerprint density at radius 2 is 1.95 bits per heavy atom. The van der Waals surface area contributed by atoms with Crippen LogP contribution in [0.3, 0.4) is 0 Å². The SMILES string of the molecule is CNCc1cc(F)cc(N(CCO)CC(F)(F)F)c1. The van der Waals surface area contributed by atoms with Gasteiger partial charge < -0.3 is 15.3 Å². The van der Waals surface area contributed by atoms with E-state index in [4.69, 9.17) is 5.11 Å². The summed E-state index contributed by atoms with van der Waals surface area (Å²) in [6.45, 7) is -1.52. The third-order valence-electron chi connectivity index (χ3n) is 2.43. The van der Waals surface area contributed by atoms with E-state index in [0.29, 0.717) is 12.1 Å². The second-order valence-electron chi connectivity index (χ2n) is 4.11. The van der Waals surface area contributed by atoms with Gasteiger partial charge in [0.1, 0.15) is 12.4 Å². The maximum Gasteiger partial charge on any atom is 0.405 e. The van der Waals surface area contributed by atoms with Crippen LogP contribution in [0.5, 0.6) is 0 Å². The molecule has 0 amide bonds. The molecule has 0 aliphatic carbocycles. The molecule has 7 heteroatoms. The Labute approximate surface area is 108 Å². The molecule has 0 aliphatic heterocycles. The van der Waals surface area contributed by atoms with Crippen LogP contribution in [-0.4, -0.2) is 38.0 Å². The zero-order chi connectivity index (χ0) is 14.5. The number of anilines is 1. The van der Waals surface area contributed by atoms with Crippen molar-refractivity contribution in [2.24, 2.45) is 0 Å². The molecular weight excluding hydrogens is 264 g/mol. The van der Waals surface area contributed by atoms with Gasteiger partial charge in [-0.1, -0.05) is 0 Å². The second-order valence-corrected chi connectivity index (χ2v) is 4.11. The molecule has 0 aliphatic rings. The summed E-state index contributed by atoms with van der Waals surface area (Å²) in [4.78, 5) is 0.905. The van der Waals surface area contributed by atoms with Crippen LogP contribution in [0.15, 0.2) is 18.2 Å². The highest BCUT2D eigenvalue weighted by atomic mass is 19.4. The van der Waals surface area contributed by atoms with Crippen molar-refractivity contribution in [3.8, 4) is 0 Å². The summed E-state index contributed by atoms with van der Waals surface area (Å²) in [5, 5.41) is 11.6. The molecule has 0 unspecified atom stereocenters. The van der Waals surface area contributed by atoms with Gasteiger partial charge in [0.15, 0.2) is 0 Å². The van der Waals surface area contributed by atoms with E-state index in [0.717, 1.165) is 11.0 Å². The summed E-state index contributed by atoms with van der Waals surface area (Å²) in [5.74, 6) is -0.604. The lowest BCUT2D eigenvalue weighted by Gasteiger charge is -2.25. The number of hydrogen-bond acceptors (Lipinski definition) is 3. The third kappa shape index (κ3) is 5.44. The first-order valence-corrected chi connectivity index (χ1v) is 5.72. The first-order chi connectivity index (χ1) is 8.85. The standard InChI is InChI=1S/C12H16F4N2O/c1-17-7-9-4-10(13)6-11(5-9)18(2-3-19)8-12(14,15)16/h4-6,17,19H,2-3,7-8H2,1H3. The third-order valence-corrected chi connectivity index (χ3v) is 2.43. The van der Waals surface area contributed by atoms with Crippen molar-refractivity contribution in [2.45, 2.75) is 12.7 Å². The zero-order valence-electron chi connectivity index (χ0n) is 10.5. The summed E-state index contributed by atoms with van der Waals surface area (Å²) in [5.41, 5.74) is 0.652. The molecule has 0 saturated carbocycles. The van der Waals surface area contributed by atoms with Gasteiger partial charge in [-0.05, 0) is 30.8 Å². The van der Waals surface area contributed by atoms with Gasteiger partial charge in [-0.25, -0.2) is 4.39 Å². The van der Waals surface area contributed by atoms with Crippen LogP contribution in [-0.2, 0) is 6.54 Å². The van der Waals surface area contributed by atoms with Gasteiger partial charge in [-0.2, -0.15) is 13.2 Å². The lowest BCUT2D eigenvalue weighted by atomic mass is 10.1.